The molecule has 1 aliphatic rings. The summed E-state index contributed by atoms with van der Waals surface area (Å²) in [5.74, 6) is -1.70. The van der Waals surface area contributed by atoms with Gasteiger partial charge in [0, 0.05) is 29.2 Å². The Morgan fingerprint density at radius 3 is 2.69 bits per heavy atom. The number of benzene rings is 2. The number of hydrogen-bond acceptors (Lipinski definition) is 3. The molecule has 144 valence electrons. The Bertz CT molecular complexity index is 1210. The van der Waals surface area contributed by atoms with E-state index in [1.165, 1.54) is 24.3 Å². The number of allylic oxidation sites excluding steroid dienone is 1. The van der Waals surface area contributed by atoms with Crippen molar-refractivity contribution in [3.05, 3.63) is 84.3 Å². The lowest BCUT2D eigenvalue weighted by Gasteiger charge is -2.28. The van der Waals surface area contributed by atoms with E-state index in [0.717, 1.165) is 15.8 Å². The third-order valence-electron chi connectivity index (χ3n) is 4.61. The molecule has 1 aliphatic heterocycles. The van der Waals surface area contributed by atoms with Gasteiger partial charge in [-0.3, -0.25) is 19.8 Å². The van der Waals surface area contributed by atoms with E-state index < -0.39 is 17.6 Å². The average Bonchev–Trinajstić information content (AvgIpc) is 3.03. The van der Waals surface area contributed by atoms with Crippen molar-refractivity contribution in [1.82, 2.24) is 9.88 Å². The van der Waals surface area contributed by atoms with Gasteiger partial charge in [0.1, 0.15) is 11.4 Å². The van der Waals surface area contributed by atoms with Gasteiger partial charge >= 0.3 is 0 Å². The fourth-order valence-corrected chi connectivity index (χ4v) is 3.62. The summed E-state index contributed by atoms with van der Waals surface area (Å²) in [4.78, 5) is 26.7. The van der Waals surface area contributed by atoms with Gasteiger partial charge in [0.25, 0.3) is 11.8 Å². The molecule has 0 atom stereocenters. The van der Waals surface area contributed by atoms with E-state index in [1.807, 2.05) is 35.0 Å². The molecule has 29 heavy (non-hydrogen) atoms. The van der Waals surface area contributed by atoms with Crippen LogP contribution in [-0.2, 0) is 16.1 Å². The zero-order valence-corrected chi connectivity index (χ0v) is 16.1. The highest BCUT2D eigenvalue weighted by atomic mass is 32.1. The van der Waals surface area contributed by atoms with Gasteiger partial charge < -0.3 is 4.57 Å². The Balaban J connectivity index is 1.82. The molecule has 0 saturated carbocycles. The minimum Gasteiger partial charge on any atom is -0.343 e. The van der Waals surface area contributed by atoms with Crippen LogP contribution in [-0.4, -0.2) is 21.5 Å². The number of halogens is 1. The van der Waals surface area contributed by atoms with Gasteiger partial charge in [-0.2, -0.15) is 0 Å². The number of carbonyl (C=O) groups excluding carboxylic acids is 2. The number of rotatable bonds is 4. The quantitative estimate of drug-likeness (QED) is 0.311. The standard InChI is InChI=1S/C22H16FN3O2S/c1-2-10-25-13-14(17-8-3-4-9-19(17)25)11-18-20(27)24-22(29)26(21(18)28)16-7-5-6-15(23)12-16/h2-9,11-13H,1,10H2,(H,24,27,29)/b18-11-. The van der Waals surface area contributed by atoms with E-state index in [2.05, 4.69) is 11.9 Å². The molecule has 1 N–H and O–H groups in total. The molecule has 2 amide bonds. The fraction of sp³-hybridized carbons (Fsp3) is 0.0455. The first kappa shape index (κ1) is 18.8. The maximum atomic E-state index is 13.7. The second-order valence-corrected chi connectivity index (χ2v) is 6.87. The second-order valence-electron chi connectivity index (χ2n) is 6.48. The van der Waals surface area contributed by atoms with Crippen molar-refractivity contribution in [2.75, 3.05) is 4.90 Å². The monoisotopic (exact) mass is 405 g/mol. The van der Waals surface area contributed by atoms with E-state index in [1.54, 1.807) is 12.1 Å². The number of nitrogens with one attached hydrogen (secondary N) is 1. The summed E-state index contributed by atoms with van der Waals surface area (Å²) in [6.07, 6.45) is 5.17. The first-order valence-corrected chi connectivity index (χ1v) is 9.26. The van der Waals surface area contributed by atoms with Crippen molar-refractivity contribution in [3.63, 3.8) is 0 Å². The Morgan fingerprint density at radius 1 is 1.14 bits per heavy atom. The number of carbonyl (C=O) groups is 2. The topological polar surface area (TPSA) is 54.3 Å². The van der Waals surface area contributed by atoms with E-state index in [0.29, 0.717) is 12.1 Å². The van der Waals surface area contributed by atoms with Crippen LogP contribution in [0.1, 0.15) is 5.56 Å². The number of amides is 2. The second kappa shape index (κ2) is 7.44. The van der Waals surface area contributed by atoms with E-state index in [-0.39, 0.29) is 16.4 Å². The molecule has 2 aromatic carbocycles. The highest BCUT2D eigenvalue weighted by Gasteiger charge is 2.34. The number of para-hydroxylation sites is 1. The van der Waals surface area contributed by atoms with Gasteiger partial charge in [-0.15, -0.1) is 6.58 Å². The van der Waals surface area contributed by atoms with Gasteiger partial charge in [-0.1, -0.05) is 30.3 Å². The molecule has 3 aromatic rings. The van der Waals surface area contributed by atoms with Crippen LogP contribution in [0.2, 0.25) is 0 Å². The summed E-state index contributed by atoms with van der Waals surface area (Å²) in [6.45, 7) is 4.35. The third-order valence-corrected chi connectivity index (χ3v) is 4.90. The highest BCUT2D eigenvalue weighted by Crippen LogP contribution is 2.27. The van der Waals surface area contributed by atoms with Gasteiger partial charge in [-0.25, -0.2) is 4.39 Å². The van der Waals surface area contributed by atoms with E-state index in [9.17, 15) is 14.0 Å². The predicted molar refractivity (Wildman–Crippen MR) is 115 cm³/mol. The molecule has 2 heterocycles. The third kappa shape index (κ3) is 3.36. The first-order valence-electron chi connectivity index (χ1n) is 8.85. The summed E-state index contributed by atoms with van der Waals surface area (Å²) >= 11 is 5.15. The Hall–Kier alpha value is -3.58. The molecule has 1 aromatic heterocycles. The number of aromatic nitrogens is 1. The van der Waals surface area contributed by atoms with Crippen LogP contribution >= 0.6 is 12.2 Å². The van der Waals surface area contributed by atoms with Crippen molar-refractivity contribution in [2.24, 2.45) is 0 Å². The molecular weight excluding hydrogens is 389 g/mol. The Morgan fingerprint density at radius 2 is 1.93 bits per heavy atom. The van der Waals surface area contributed by atoms with Gasteiger partial charge in [0.15, 0.2) is 5.11 Å². The SMILES string of the molecule is C=CCn1cc(/C=C2/C(=O)NC(=S)N(c3cccc(F)c3)C2=O)c2ccccc21. The van der Waals surface area contributed by atoms with E-state index in [4.69, 9.17) is 12.2 Å². The predicted octanol–water partition coefficient (Wildman–Crippen LogP) is 3.80. The molecule has 0 aliphatic carbocycles. The molecule has 0 spiro atoms. The number of fused-ring (bicyclic) bond motifs is 1. The van der Waals surface area contributed by atoms with Crippen molar-refractivity contribution in [1.29, 1.82) is 0 Å². The van der Waals surface area contributed by atoms with Crippen LogP contribution in [0.4, 0.5) is 10.1 Å². The fourth-order valence-electron chi connectivity index (χ4n) is 3.34. The van der Waals surface area contributed by atoms with Crippen LogP contribution in [0.3, 0.4) is 0 Å². The minimum atomic E-state index is -0.607. The first-order chi connectivity index (χ1) is 14.0. The molecule has 0 bridgehead atoms. The maximum absolute atomic E-state index is 13.7. The van der Waals surface area contributed by atoms with Crippen LogP contribution in [0.25, 0.3) is 17.0 Å². The number of anilines is 1. The van der Waals surface area contributed by atoms with Gasteiger partial charge in [-0.05, 0) is 42.6 Å². The minimum absolute atomic E-state index is 0.0793. The number of hydrogen-bond donors (Lipinski definition) is 1. The summed E-state index contributed by atoms with van der Waals surface area (Å²) in [6, 6.07) is 13.2. The van der Waals surface area contributed by atoms with Crippen LogP contribution < -0.4 is 10.2 Å². The summed E-state index contributed by atoms with van der Waals surface area (Å²) in [5.41, 5.74) is 1.85. The summed E-state index contributed by atoms with van der Waals surface area (Å²) < 4.78 is 15.6. The van der Waals surface area contributed by atoms with Gasteiger partial charge in [0.2, 0.25) is 0 Å². The zero-order chi connectivity index (χ0) is 20.5. The molecule has 0 radical (unpaired) electrons. The highest BCUT2D eigenvalue weighted by molar-refractivity contribution is 7.80. The molecule has 0 unspecified atom stereocenters. The smallest absolute Gasteiger partial charge is 0.270 e. The largest absolute Gasteiger partial charge is 0.343 e. The summed E-state index contributed by atoms with van der Waals surface area (Å²) in [7, 11) is 0. The van der Waals surface area contributed by atoms with E-state index >= 15 is 0 Å². The lowest BCUT2D eigenvalue weighted by atomic mass is 10.1. The summed E-state index contributed by atoms with van der Waals surface area (Å²) in [5, 5.41) is 3.32. The van der Waals surface area contributed by atoms with Crippen LogP contribution in [0.15, 0.2) is 73.0 Å². The molecular formula is C22H16FN3O2S. The molecule has 1 saturated heterocycles. The normalized spacial score (nSPS) is 15.8. The molecule has 1 fully saturated rings. The van der Waals surface area contributed by atoms with Crippen molar-refractivity contribution < 1.29 is 14.0 Å². The zero-order valence-electron chi connectivity index (χ0n) is 15.3. The average molecular weight is 405 g/mol. The molecule has 5 nitrogen and oxygen atoms in total. The van der Waals surface area contributed by atoms with Crippen LogP contribution in [0.5, 0.6) is 0 Å². The number of thiocarbonyl (C=S) groups is 1. The molecule has 7 heteroatoms. The molecule has 4 rings (SSSR count). The number of nitrogens with zero attached hydrogens (tertiary/aromatic N) is 2. The lowest BCUT2D eigenvalue weighted by molar-refractivity contribution is -0.122. The Labute approximate surface area is 171 Å². The maximum Gasteiger partial charge on any atom is 0.270 e. The Kier molecular flexibility index (Phi) is 4.82. The van der Waals surface area contributed by atoms with Crippen LogP contribution in [0, 0.1) is 5.82 Å². The van der Waals surface area contributed by atoms with Crippen molar-refractivity contribution in [2.45, 2.75) is 6.54 Å². The van der Waals surface area contributed by atoms with Crippen molar-refractivity contribution in [3.8, 4) is 0 Å². The van der Waals surface area contributed by atoms with Crippen molar-refractivity contribution >= 4 is 51.8 Å². The lowest BCUT2D eigenvalue weighted by Crippen LogP contribution is -2.54. The van der Waals surface area contributed by atoms with Gasteiger partial charge in [0.05, 0.1) is 5.69 Å².